The van der Waals surface area contributed by atoms with E-state index in [1.54, 1.807) is 36.6 Å². The molecule has 1 fully saturated rings. The highest BCUT2D eigenvalue weighted by molar-refractivity contribution is 6.06. The SMILES string of the molecule is CC[C@H](C(=O)Nc1cncc2c(-c3nc(Nc4cn(C)nc4OC)ncc3C)c[nH]c12)N1CCN(C)CC1. The van der Waals surface area contributed by atoms with Crippen molar-refractivity contribution in [2.45, 2.75) is 26.3 Å². The molecule has 1 saturated heterocycles. The summed E-state index contributed by atoms with van der Waals surface area (Å²) in [6, 6.07) is -0.185. The van der Waals surface area contributed by atoms with Crippen molar-refractivity contribution in [2.24, 2.45) is 7.05 Å². The molecule has 0 unspecified atom stereocenters. The van der Waals surface area contributed by atoms with E-state index < -0.39 is 0 Å². The number of rotatable bonds is 8. The zero-order valence-corrected chi connectivity index (χ0v) is 22.4. The molecule has 0 saturated carbocycles. The molecule has 200 valence electrons. The number of methoxy groups -OCH3 is 1. The number of amides is 1. The van der Waals surface area contributed by atoms with E-state index >= 15 is 0 Å². The number of pyridine rings is 1. The van der Waals surface area contributed by atoms with E-state index in [4.69, 9.17) is 9.72 Å². The molecule has 4 aromatic heterocycles. The van der Waals surface area contributed by atoms with Gasteiger partial charge in [-0.15, -0.1) is 5.10 Å². The highest BCUT2D eigenvalue weighted by Crippen LogP contribution is 2.33. The minimum Gasteiger partial charge on any atom is -0.478 e. The van der Waals surface area contributed by atoms with Crippen LogP contribution in [0.25, 0.3) is 22.2 Å². The maximum absolute atomic E-state index is 13.3. The molecule has 0 aliphatic carbocycles. The number of fused-ring (bicyclic) bond motifs is 1. The summed E-state index contributed by atoms with van der Waals surface area (Å²) in [6.07, 6.45) is 9.68. The zero-order chi connectivity index (χ0) is 26.8. The van der Waals surface area contributed by atoms with E-state index in [1.165, 1.54) is 0 Å². The number of carbonyl (C=O) groups is 1. The fourth-order valence-corrected chi connectivity index (χ4v) is 4.89. The van der Waals surface area contributed by atoms with Crippen LogP contribution in [0.15, 0.2) is 31.0 Å². The summed E-state index contributed by atoms with van der Waals surface area (Å²) in [6.45, 7) is 7.70. The summed E-state index contributed by atoms with van der Waals surface area (Å²) in [7, 11) is 5.50. The topological polar surface area (TPSA) is 129 Å². The van der Waals surface area contributed by atoms with Crippen molar-refractivity contribution < 1.29 is 9.53 Å². The first-order chi connectivity index (χ1) is 18.4. The molecule has 1 atom stereocenters. The Bertz CT molecular complexity index is 1440. The van der Waals surface area contributed by atoms with Gasteiger partial charge in [0, 0.05) is 62.8 Å². The summed E-state index contributed by atoms with van der Waals surface area (Å²) in [5, 5.41) is 11.4. The number of aromatic nitrogens is 6. The Morgan fingerprint density at radius 3 is 2.68 bits per heavy atom. The minimum absolute atomic E-state index is 0.0161. The Balaban J connectivity index is 1.41. The molecule has 0 aromatic carbocycles. The Morgan fingerprint density at radius 1 is 1.16 bits per heavy atom. The van der Waals surface area contributed by atoms with Crippen molar-refractivity contribution in [1.82, 2.24) is 39.5 Å². The van der Waals surface area contributed by atoms with Crippen LogP contribution in [-0.4, -0.2) is 91.8 Å². The van der Waals surface area contributed by atoms with Crippen LogP contribution in [0, 0.1) is 6.92 Å². The molecule has 1 aliphatic rings. The summed E-state index contributed by atoms with van der Waals surface area (Å²) in [5.74, 6) is 0.858. The molecule has 1 amide bonds. The van der Waals surface area contributed by atoms with Gasteiger partial charge < -0.3 is 25.3 Å². The number of carbonyl (C=O) groups excluding carboxylic acids is 1. The van der Waals surface area contributed by atoms with Crippen LogP contribution in [0.4, 0.5) is 17.3 Å². The van der Waals surface area contributed by atoms with Gasteiger partial charge in [-0.3, -0.25) is 19.4 Å². The number of aromatic amines is 1. The number of nitrogens with one attached hydrogen (secondary N) is 3. The first-order valence-corrected chi connectivity index (χ1v) is 12.7. The average molecular weight is 519 g/mol. The number of ether oxygens (including phenoxy) is 1. The predicted molar refractivity (Wildman–Crippen MR) is 147 cm³/mol. The molecule has 0 bridgehead atoms. The third-order valence-electron chi connectivity index (χ3n) is 6.98. The summed E-state index contributed by atoms with van der Waals surface area (Å²) in [4.78, 5) is 34.9. The first-order valence-electron chi connectivity index (χ1n) is 12.7. The number of aryl methyl sites for hydroxylation is 2. The molecular weight excluding hydrogens is 484 g/mol. The van der Waals surface area contributed by atoms with E-state index in [0.29, 0.717) is 23.2 Å². The molecule has 38 heavy (non-hydrogen) atoms. The summed E-state index contributed by atoms with van der Waals surface area (Å²) < 4.78 is 6.99. The zero-order valence-electron chi connectivity index (χ0n) is 22.4. The Kier molecular flexibility index (Phi) is 7.25. The monoisotopic (exact) mass is 518 g/mol. The number of H-pyrrole nitrogens is 1. The van der Waals surface area contributed by atoms with Crippen LogP contribution in [0.3, 0.4) is 0 Å². The van der Waals surface area contributed by atoms with E-state index in [0.717, 1.165) is 60.3 Å². The normalized spacial score (nSPS) is 15.5. The first kappa shape index (κ1) is 25.6. The maximum atomic E-state index is 13.3. The van der Waals surface area contributed by atoms with Gasteiger partial charge in [0.05, 0.1) is 42.4 Å². The van der Waals surface area contributed by atoms with Gasteiger partial charge in [0.1, 0.15) is 5.69 Å². The average Bonchev–Trinajstić information content (AvgIpc) is 3.50. The molecule has 0 radical (unpaired) electrons. The van der Waals surface area contributed by atoms with Gasteiger partial charge in [-0.05, 0) is 26.0 Å². The van der Waals surface area contributed by atoms with Crippen LogP contribution in [0.5, 0.6) is 5.88 Å². The van der Waals surface area contributed by atoms with Gasteiger partial charge in [0.25, 0.3) is 5.88 Å². The minimum atomic E-state index is -0.185. The molecule has 5 rings (SSSR count). The standard InChI is InChI=1S/C26H34N10O2/c1-6-21(36-9-7-34(3)8-10-36)24(37)30-19-14-27-12-17-18(13-28-23(17)19)22-16(2)11-29-26(32-22)31-20-15-35(4)33-25(20)38-5/h11-15,21,28H,6-10H2,1-5H3,(H,30,37)(H,29,31,32)/t21-/m1/s1. The molecule has 3 N–H and O–H groups in total. The molecule has 12 nitrogen and oxygen atoms in total. The maximum Gasteiger partial charge on any atom is 0.256 e. The van der Waals surface area contributed by atoms with Crippen LogP contribution in [0.2, 0.25) is 0 Å². The van der Waals surface area contributed by atoms with Crippen LogP contribution in [-0.2, 0) is 11.8 Å². The molecule has 4 aromatic rings. The number of piperazine rings is 1. The summed E-state index contributed by atoms with van der Waals surface area (Å²) in [5.41, 5.74) is 4.66. The Hall–Kier alpha value is -4.03. The lowest BCUT2D eigenvalue weighted by Gasteiger charge is -2.36. The van der Waals surface area contributed by atoms with Gasteiger partial charge in [-0.2, -0.15) is 0 Å². The third-order valence-corrected chi connectivity index (χ3v) is 6.98. The smallest absolute Gasteiger partial charge is 0.256 e. The summed E-state index contributed by atoms with van der Waals surface area (Å²) >= 11 is 0. The lowest BCUT2D eigenvalue weighted by Crippen LogP contribution is -2.52. The quantitative estimate of drug-likeness (QED) is 0.322. The van der Waals surface area contributed by atoms with Crippen LogP contribution >= 0.6 is 0 Å². The lowest BCUT2D eigenvalue weighted by atomic mass is 10.1. The van der Waals surface area contributed by atoms with Crippen molar-refractivity contribution in [2.75, 3.05) is 51.0 Å². The molecule has 12 heteroatoms. The number of hydrogen-bond acceptors (Lipinski definition) is 9. The largest absolute Gasteiger partial charge is 0.478 e. The highest BCUT2D eigenvalue weighted by Gasteiger charge is 2.27. The number of hydrogen-bond donors (Lipinski definition) is 3. The van der Waals surface area contributed by atoms with Crippen molar-refractivity contribution in [3.63, 3.8) is 0 Å². The van der Waals surface area contributed by atoms with Gasteiger partial charge in [-0.1, -0.05) is 6.92 Å². The second kappa shape index (κ2) is 10.8. The van der Waals surface area contributed by atoms with Gasteiger partial charge in [0.2, 0.25) is 11.9 Å². The number of likely N-dealkylation sites (N-methyl/N-ethyl adjacent to an activating group) is 1. The van der Waals surface area contributed by atoms with E-state index in [2.05, 4.69) is 54.5 Å². The fourth-order valence-electron chi connectivity index (χ4n) is 4.89. The third kappa shape index (κ3) is 5.04. The van der Waals surface area contributed by atoms with Crippen molar-refractivity contribution in [1.29, 1.82) is 0 Å². The van der Waals surface area contributed by atoms with Gasteiger partial charge in [-0.25, -0.2) is 9.97 Å². The van der Waals surface area contributed by atoms with Gasteiger partial charge in [0.15, 0.2) is 0 Å². The Morgan fingerprint density at radius 2 is 1.95 bits per heavy atom. The second-order valence-corrected chi connectivity index (χ2v) is 9.64. The van der Waals surface area contributed by atoms with Crippen molar-refractivity contribution in [3.05, 3.63) is 36.5 Å². The Labute approximate surface area is 221 Å². The molecule has 5 heterocycles. The van der Waals surface area contributed by atoms with Crippen LogP contribution < -0.4 is 15.4 Å². The van der Waals surface area contributed by atoms with E-state index in [1.807, 2.05) is 20.2 Å². The number of nitrogens with zero attached hydrogens (tertiary/aromatic N) is 7. The molecule has 0 spiro atoms. The molecular formula is C26H34N10O2. The fraction of sp³-hybridized carbons (Fsp3) is 0.423. The van der Waals surface area contributed by atoms with Crippen molar-refractivity contribution >= 4 is 34.1 Å². The predicted octanol–water partition coefficient (Wildman–Crippen LogP) is 2.78. The molecule has 1 aliphatic heterocycles. The van der Waals surface area contributed by atoms with Crippen molar-refractivity contribution in [3.8, 4) is 17.1 Å². The second-order valence-electron chi connectivity index (χ2n) is 9.64. The van der Waals surface area contributed by atoms with Gasteiger partial charge >= 0.3 is 0 Å². The lowest BCUT2D eigenvalue weighted by molar-refractivity contribution is -0.122. The number of anilines is 3. The van der Waals surface area contributed by atoms with E-state index in [-0.39, 0.29) is 11.9 Å². The van der Waals surface area contributed by atoms with Crippen LogP contribution in [0.1, 0.15) is 18.9 Å². The van der Waals surface area contributed by atoms with E-state index in [9.17, 15) is 4.79 Å². The highest BCUT2D eigenvalue weighted by atomic mass is 16.5.